The van der Waals surface area contributed by atoms with Crippen LogP contribution in [0.5, 0.6) is 0 Å². The number of rotatable bonds is 5. The molecule has 0 aliphatic heterocycles. The van der Waals surface area contributed by atoms with Gasteiger partial charge in [-0.2, -0.15) is 0 Å². The van der Waals surface area contributed by atoms with Gasteiger partial charge in [0.25, 0.3) is 0 Å². The Hall–Kier alpha value is -2.07. The zero-order valence-electron chi connectivity index (χ0n) is 11.0. The Labute approximate surface area is 112 Å². The highest BCUT2D eigenvalue weighted by atomic mass is 16.4. The molecule has 0 aliphatic carbocycles. The van der Waals surface area contributed by atoms with E-state index >= 15 is 0 Å². The Balaban J connectivity index is 1.96. The Morgan fingerprint density at radius 2 is 2.21 bits per heavy atom. The van der Waals surface area contributed by atoms with Gasteiger partial charge in [-0.25, -0.2) is 4.79 Å². The average molecular weight is 259 g/mol. The van der Waals surface area contributed by atoms with E-state index in [0.29, 0.717) is 12.3 Å². The SMILES string of the molecule is Cc1cccc([C@H](C)NCc2cc(C(=O)O)co2)c1. The highest BCUT2D eigenvalue weighted by Gasteiger charge is 2.10. The van der Waals surface area contributed by atoms with Crippen LogP contribution in [0.2, 0.25) is 0 Å². The van der Waals surface area contributed by atoms with Crippen LogP contribution in [0.25, 0.3) is 0 Å². The smallest absolute Gasteiger partial charge is 0.338 e. The summed E-state index contributed by atoms with van der Waals surface area (Å²) >= 11 is 0. The Kier molecular flexibility index (Phi) is 4.02. The molecule has 2 aromatic rings. The van der Waals surface area contributed by atoms with Crippen molar-refractivity contribution in [1.29, 1.82) is 0 Å². The predicted molar refractivity (Wildman–Crippen MR) is 72.1 cm³/mol. The Bertz CT molecular complexity index is 574. The highest BCUT2D eigenvalue weighted by Crippen LogP contribution is 2.15. The zero-order chi connectivity index (χ0) is 13.8. The second-order valence-corrected chi connectivity index (χ2v) is 4.62. The number of nitrogens with one attached hydrogen (secondary N) is 1. The first-order valence-electron chi connectivity index (χ1n) is 6.17. The maximum absolute atomic E-state index is 10.7. The van der Waals surface area contributed by atoms with Gasteiger partial charge in [-0.1, -0.05) is 29.8 Å². The van der Waals surface area contributed by atoms with Gasteiger partial charge in [0.05, 0.1) is 12.1 Å². The molecule has 0 fully saturated rings. The Morgan fingerprint density at radius 3 is 2.84 bits per heavy atom. The summed E-state index contributed by atoms with van der Waals surface area (Å²) in [5.41, 5.74) is 2.60. The largest absolute Gasteiger partial charge is 0.478 e. The summed E-state index contributed by atoms with van der Waals surface area (Å²) in [5.74, 6) is -0.348. The molecule has 1 heterocycles. The normalized spacial score (nSPS) is 12.3. The second-order valence-electron chi connectivity index (χ2n) is 4.62. The van der Waals surface area contributed by atoms with Crippen LogP contribution in [0.15, 0.2) is 41.0 Å². The fourth-order valence-corrected chi connectivity index (χ4v) is 1.90. The van der Waals surface area contributed by atoms with Crippen molar-refractivity contribution in [1.82, 2.24) is 5.32 Å². The molecule has 0 amide bonds. The maximum Gasteiger partial charge on any atom is 0.338 e. The molecule has 1 aromatic carbocycles. The van der Waals surface area contributed by atoms with Crippen LogP contribution in [0.4, 0.5) is 0 Å². The molecule has 0 saturated carbocycles. The van der Waals surface area contributed by atoms with Crippen LogP contribution in [-0.2, 0) is 6.54 Å². The van der Waals surface area contributed by atoms with E-state index < -0.39 is 5.97 Å². The first kappa shape index (κ1) is 13.4. The van der Waals surface area contributed by atoms with Crippen LogP contribution in [0, 0.1) is 6.92 Å². The fourth-order valence-electron chi connectivity index (χ4n) is 1.90. The van der Waals surface area contributed by atoms with Gasteiger partial charge in [-0.15, -0.1) is 0 Å². The molecule has 4 nitrogen and oxygen atoms in total. The molecule has 0 aliphatic rings. The van der Waals surface area contributed by atoms with Crippen molar-refractivity contribution in [2.24, 2.45) is 0 Å². The molecule has 19 heavy (non-hydrogen) atoms. The van der Waals surface area contributed by atoms with Crippen LogP contribution < -0.4 is 5.32 Å². The summed E-state index contributed by atoms with van der Waals surface area (Å²) in [6.45, 7) is 4.63. The molecular weight excluding hydrogens is 242 g/mol. The summed E-state index contributed by atoms with van der Waals surface area (Å²) in [6.07, 6.45) is 1.26. The van der Waals surface area contributed by atoms with Crippen molar-refractivity contribution < 1.29 is 14.3 Å². The van der Waals surface area contributed by atoms with Crippen molar-refractivity contribution in [3.05, 3.63) is 59.0 Å². The van der Waals surface area contributed by atoms with Crippen LogP contribution in [0.3, 0.4) is 0 Å². The fraction of sp³-hybridized carbons (Fsp3) is 0.267. The van der Waals surface area contributed by atoms with Crippen molar-refractivity contribution in [2.75, 3.05) is 0 Å². The number of carboxylic acid groups (broad SMARTS) is 1. The van der Waals surface area contributed by atoms with Gasteiger partial charge >= 0.3 is 5.97 Å². The van der Waals surface area contributed by atoms with Gasteiger partial charge in [0.2, 0.25) is 0 Å². The van der Waals surface area contributed by atoms with Crippen LogP contribution in [-0.4, -0.2) is 11.1 Å². The van der Waals surface area contributed by atoms with E-state index in [1.54, 1.807) is 0 Å². The van der Waals surface area contributed by atoms with Crippen LogP contribution >= 0.6 is 0 Å². The number of furan rings is 1. The van der Waals surface area contributed by atoms with E-state index in [4.69, 9.17) is 9.52 Å². The van der Waals surface area contributed by atoms with Crippen molar-refractivity contribution in [3.63, 3.8) is 0 Å². The summed E-state index contributed by atoms with van der Waals surface area (Å²) in [5, 5.41) is 12.1. The molecule has 0 bridgehead atoms. The first-order valence-corrected chi connectivity index (χ1v) is 6.17. The lowest BCUT2D eigenvalue weighted by Crippen LogP contribution is -2.17. The van der Waals surface area contributed by atoms with E-state index in [1.807, 2.05) is 6.07 Å². The van der Waals surface area contributed by atoms with Gasteiger partial charge in [-0.05, 0) is 25.5 Å². The lowest BCUT2D eigenvalue weighted by Gasteiger charge is -2.13. The quantitative estimate of drug-likeness (QED) is 0.866. The molecule has 0 radical (unpaired) electrons. The standard InChI is InChI=1S/C15H17NO3/c1-10-4-3-5-12(6-10)11(2)16-8-14-7-13(9-19-14)15(17)18/h3-7,9,11,16H,8H2,1-2H3,(H,17,18)/t11-/m0/s1. The number of benzene rings is 1. The lowest BCUT2D eigenvalue weighted by atomic mass is 10.1. The molecule has 1 aromatic heterocycles. The molecule has 0 saturated heterocycles. The van der Waals surface area contributed by atoms with Crippen molar-refractivity contribution >= 4 is 5.97 Å². The number of aryl methyl sites for hydroxylation is 1. The minimum absolute atomic E-state index is 0.179. The summed E-state index contributed by atoms with van der Waals surface area (Å²) < 4.78 is 5.19. The monoisotopic (exact) mass is 259 g/mol. The van der Waals surface area contributed by atoms with Gasteiger partial charge < -0.3 is 14.8 Å². The van der Waals surface area contributed by atoms with E-state index in [2.05, 4.69) is 37.4 Å². The average Bonchev–Trinajstić information content (AvgIpc) is 2.85. The van der Waals surface area contributed by atoms with Crippen LogP contribution in [0.1, 0.15) is 40.2 Å². The minimum atomic E-state index is -0.971. The number of carbonyl (C=O) groups is 1. The summed E-state index contributed by atoms with van der Waals surface area (Å²) in [6, 6.07) is 9.99. The van der Waals surface area contributed by atoms with Gasteiger partial charge in [0.15, 0.2) is 0 Å². The predicted octanol–water partition coefficient (Wildman–Crippen LogP) is 3.14. The van der Waals surface area contributed by atoms with Crippen molar-refractivity contribution in [2.45, 2.75) is 26.4 Å². The van der Waals surface area contributed by atoms with Crippen molar-refractivity contribution in [3.8, 4) is 0 Å². The minimum Gasteiger partial charge on any atom is -0.478 e. The highest BCUT2D eigenvalue weighted by molar-refractivity contribution is 5.87. The maximum atomic E-state index is 10.7. The molecule has 0 unspecified atom stereocenters. The molecule has 0 spiro atoms. The number of aromatic carboxylic acids is 1. The third-order valence-corrected chi connectivity index (χ3v) is 3.03. The third-order valence-electron chi connectivity index (χ3n) is 3.03. The third kappa shape index (κ3) is 3.45. The van der Waals surface area contributed by atoms with E-state index in [-0.39, 0.29) is 11.6 Å². The lowest BCUT2D eigenvalue weighted by molar-refractivity contribution is 0.0696. The molecular formula is C15H17NO3. The van der Waals surface area contributed by atoms with Gasteiger partial charge in [-0.3, -0.25) is 0 Å². The molecule has 4 heteroatoms. The molecule has 100 valence electrons. The van der Waals surface area contributed by atoms with Gasteiger partial charge in [0, 0.05) is 6.04 Å². The van der Waals surface area contributed by atoms with Gasteiger partial charge in [0.1, 0.15) is 12.0 Å². The second kappa shape index (κ2) is 5.71. The topological polar surface area (TPSA) is 62.5 Å². The molecule has 2 rings (SSSR count). The summed E-state index contributed by atoms with van der Waals surface area (Å²) in [4.78, 5) is 10.7. The number of carboxylic acids is 1. The molecule has 1 atom stereocenters. The molecule has 2 N–H and O–H groups in total. The number of hydrogen-bond donors (Lipinski definition) is 2. The zero-order valence-corrected chi connectivity index (χ0v) is 11.0. The van der Waals surface area contributed by atoms with E-state index in [0.717, 1.165) is 0 Å². The Morgan fingerprint density at radius 1 is 1.42 bits per heavy atom. The number of hydrogen-bond acceptors (Lipinski definition) is 3. The van der Waals surface area contributed by atoms with E-state index in [1.165, 1.54) is 23.5 Å². The van der Waals surface area contributed by atoms with E-state index in [9.17, 15) is 4.79 Å². The summed E-state index contributed by atoms with van der Waals surface area (Å²) in [7, 11) is 0. The first-order chi connectivity index (χ1) is 9.06.